The van der Waals surface area contributed by atoms with E-state index in [1.54, 1.807) is 7.11 Å². The first-order valence-electron chi connectivity index (χ1n) is 8.74. The van der Waals surface area contributed by atoms with Crippen molar-refractivity contribution in [2.75, 3.05) is 7.11 Å². The van der Waals surface area contributed by atoms with Gasteiger partial charge in [0.2, 0.25) is 0 Å². The first kappa shape index (κ1) is 18.8. The number of benzene rings is 3. The van der Waals surface area contributed by atoms with Crippen molar-refractivity contribution in [3.8, 4) is 22.9 Å². The second kappa shape index (κ2) is 7.81. The highest BCUT2D eigenvalue weighted by molar-refractivity contribution is 6.32. The fourth-order valence-electron chi connectivity index (χ4n) is 3.00. The van der Waals surface area contributed by atoms with Gasteiger partial charge in [-0.2, -0.15) is 0 Å². The Labute approximate surface area is 171 Å². The smallest absolute Gasteiger partial charge is 0.271 e. The molecule has 0 spiro atoms. The Hall–Kier alpha value is -3.58. The summed E-state index contributed by atoms with van der Waals surface area (Å²) in [6.07, 6.45) is 0. The van der Waals surface area contributed by atoms with Crippen LogP contribution in [0.2, 0.25) is 5.02 Å². The van der Waals surface area contributed by atoms with E-state index in [9.17, 15) is 10.1 Å². The number of hydrogen-bond donors (Lipinski definition) is 1. The lowest BCUT2D eigenvalue weighted by Crippen LogP contribution is -2.00. The molecule has 1 heterocycles. The third-order valence-corrected chi connectivity index (χ3v) is 4.75. The lowest BCUT2D eigenvalue weighted by atomic mass is 10.1. The summed E-state index contributed by atoms with van der Waals surface area (Å²) in [5, 5.41) is 11.0. The predicted molar refractivity (Wildman–Crippen MR) is 111 cm³/mol. The van der Waals surface area contributed by atoms with Crippen LogP contribution in [-0.2, 0) is 6.61 Å². The molecule has 0 radical (unpaired) electrons. The Morgan fingerprint density at radius 3 is 2.62 bits per heavy atom. The number of nitro groups is 1. The van der Waals surface area contributed by atoms with Gasteiger partial charge in [0.1, 0.15) is 23.9 Å². The number of aromatic nitrogens is 2. The lowest BCUT2D eigenvalue weighted by Gasteiger charge is -2.12. The number of hydrogen-bond acceptors (Lipinski definition) is 5. The van der Waals surface area contributed by atoms with Crippen LogP contribution in [0, 0.1) is 10.1 Å². The molecule has 4 rings (SSSR count). The van der Waals surface area contributed by atoms with Gasteiger partial charge in [-0.05, 0) is 36.4 Å². The van der Waals surface area contributed by atoms with Crippen LogP contribution in [0.4, 0.5) is 5.69 Å². The molecule has 1 aromatic heterocycles. The fourth-order valence-corrected chi connectivity index (χ4v) is 3.23. The fraction of sp³-hybridized carbons (Fsp3) is 0.0952. The molecule has 7 nitrogen and oxygen atoms in total. The van der Waals surface area contributed by atoms with Crippen LogP contribution >= 0.6 is 11.6 Å². The van der Waals surface area contributed by atoms with Gasteiger partial charge in [-0.1, -0.05) is 23.7 Å². The average molecular weight is 410 g/mol. The van der Waals surface area contributed by atoms with Crippen LogP contribution in [0.25, 0.3) is 22.4 Å². The third-order valence-electron chi connectivity index (χ3n) is 4.45. The number of nitro benzene ring substituents is 1. The van der Waals surface area contributed by atoms with Crippen molar-refractivity contribution in [1.82, 2.24) is 9.97 Å². The monoisotopic (exact) mass is 409 g/mol. The Balaban J connectivity index is 1.61. The number of imidazole rings is 1. The van der Waals surface area contributed by atoms with E-state index in [1.165, 1.54) is 18.2 Å². The van der Waals surface area contributed by atoms with Gasteiger partial charge in [0.05, 0.1) is 28.1 Å². The largest absolute Gasteiger partial charge is 0.496 e. The molecule has 0 fully saturated rings. The first-order chi connectivity index (χ1) is 14.0. The highest BCUT2D eigenvalue weighted by Gasteiger charge is 2.13. The number of ether oxygens (including phenoxy) is 2. The van der Waals surface area contributed by atoms with Crippen LogP contribution in [0.15, 0.2) is 60.7 Å². The Kier molecular flexibility index (Phi) is 5.05. The standard InChI is InChI=1S/C21H16ClN3O4/c1-28-19-8-6-13(21-23-17-4-2-3-5-18(17)24-21)10-14(19)12-29-20-9-7-15(25(26)27)11-16(20)22/h2-11H,12H2,1H3,(H,23,24). The third kappa shape index (κ3) is 3.86. The van der Waals surface area contributed by atoms with Crippen molar-refractivity contribution in [2.45, 2.75) is 6.61 Å². The molecule has 8 heteroatoms. The lowest BCUT2D eigenvalue weighted by molar-refractivity contribution is -0.384. The summed E-state index contributed by atoms with van der Waals surface area (Å²) in [6.45, 7) is 0.175. The van der Waals surface area contributed by atoms with E-state index in [-0.39, 0.29) is 17.3 Å². The number of nitrogens with one attached hydrogen (secondary N) is 1. The summed E-state index contributed by atoms with van der Waals surface area (Å²) in [6, 6.07) is 17.6. The van der Waals surface area contributed by atoms with E-state index in [0.29, 0.717) is 11.5 Å². The molecule has 0 atom stereocenters. The molecule has 1 N–H and O–H groups in total. The van der Waals surface area contributed by atoms with Crippen LogP contribution in [-0.4, -0.2) is 22.0 Å². The number of halogens is 1. The SMILES string of the molecule is COc1ccc(-c2nc3ccccc3[nH]2)cc1COc1ccc([N+](=O)[O-])cc1Cl. The maximum Gasteiger partial charge on any atom is 0.271 e. The maximum atomic E-state index is 10.8. The van der Waals surface area contributed by atoms with E-state index in [4.69, 9.17) is 21.1 Å². The molecule has 0 bridgehead atoms. The minimum absolute atomic E-state index is 0.0909. The van der Waals surface area contributed by atoms with Crippen molar-refractivity contribution < 1.29 is 14.4 Å². The number of non-ortho nitro benzene ring substituents is 1. The number of H-pyrrole nitrogens is 1. The maximum absolute atomic E-state index is 10.8. The Bertz CT molecular complexity index is 1170. The van der Waals surface area contributed by atoms with Gasteiger partial charge in [-0.15, -0.1) is 0 Å². The van der Waals surface area contributed by atoms with Gasteiger partial charge in [-0.3, -0.25) is 10.1 Å². The number of aromatic amines is 1. The molecular weight excluding hydrogens is 394 g/mol. The zero-order valence-corrected chi connectivity index (χ0v) is 16.1. The molecule has 0 aliphatic carbocycles. The molecule has 146 valence electrons. The number of nitrogens with zero attached hydrogens (tertiary/aromatic N) is 2. The second-order valence-electron chi connectivity index (χ2n) is 6.29. The molecule has 0 saturated carbocycles. The minimum atomic E-state index is -0.504. The molecule has 0 aliphatic rings. The van der Waals surface area contributed by atoms with Crippen LogP contribution in [0.5, 0.6) is 11.5 Å². The number of methoxy groups -OCH3 is 1. The van der Waals surface area contributed by atoms with E-state index >= 15 is 0 Å². The summed E-state index contributed by atoms with van der Waals surface area (Å²) in [5.74, 6) is 1.75. The summed E-state index contributed by atoms with van der Waals surface area (Å²) >= 11 is 6.11. The molecule has 0 unspecified atom stereocenters. The Morgan fingerprint density at radius 2 is 1.90 bits per heavy atom. The average Bonchev–Trinajstić information content (AvgIpc) is 3.17. The zero-order valence-electron chi connectivity index (χ0n) is 15.4. The summed E-state index contributed by atoms with van der Waals surface area (Å²) in [5.41, 5.74) is 3.42. The van der Waals surface area contributed by atoms with Crippen molar-refractivity contribution in [3.05, 3.63) is 81.4 Å². The van der Waals surface area contributed by atoms with E-state index in [0.717, 1.165) is 28.0 Å². The molecule has 4 aromatic rings. The summed E-state index contributed by atoms with van der Waals surface area (Å²) < 4.78 is 11.2. The number of fused-ring (bicyclic) bond motifs is 1. The molecule has 0 aliphatic heterocycles. The van der Waals surface area contributed by atoms with Crippen LogP contribution in [0.3, 0.4) is 0 Å². The molecule has 0 saturated heterocycles. The van der Waals surface area contributed by atoms with Gasteiger partial charge >= 0.3 is 0 Å². The highest BCUT2D eigenvalue weighted by atomic mass is 35.5. The molecular formula is C21H16ClN3O4. The van der Waals surface area contributed by atoms with Crippen LogP contribution < -0.4 is 9.47 Å². The van der Waals surface area contributed by atoms with Gasteiger partial charge in [0.25, 0.3) is 5.69 Å². The molecule has 29 heavy (non-hydrogen) atoms. The summed E-state index contributed by atoms with van der Waals surface area (Å²) in [4.78, 5) is 18.3. The molecule has 3 aromatic carbocycles. The molecule has 0 amide bonds. The quantitative estimate of drug-likeness (QED) is 0.341. The van der Waals surface area contributed by atoms with Gasteiger partial charge in [-0.25, -0.2) is 4.98 Å². The highest BCUT2D eigenvalue weighted by Crippen LogP contribution is 2.31. The van der Waals surface area contributed by atoms with Crippen molar-refractivity contribution in [2.24, 2.45) is 0 Å². The predicted octanol–water partition coefficient (Wildman–Crippen LogP) is 5.38. The number of rotatable bonds is 6. The minimum Gasteiger partial charge on any atom is -0.496 e. The van der Waals surface area contributed by atoms with Gasteiger partial charge < -0.3 is 14.5 Å². The van der Waals surface area contributed by atoms with Gasteiger partial charge in [0, 0.05) is 23.3 Å². The zero-order chi connectivity index (χ0) is 20.4. The Morgan fingerprint density at radius 1 is 1.10 bits per heavy atom. The first-order valence-corrected chi connectivity index (χ1v) is 9.12. The van der Waals surface area contributed by atoms with Crippen molar-refractivity contribution in [3.63, 3.8) is 0 Å². The van der Waals surface area contributed by atoms with E-state index < -0.39 is 4.92 Å². The van der Waals surface area contributed by atoms with E-state index in [1.807, 2.05) is 42.5 Å². The van der Waals surface area contributed by atoms with E-state index in [2.05, 4.69) is 9.97 Å². The van der Waals surface area contributed by atoms with Crippen molar-refractivity contribution in [1.29, 1.82) is 0 Å². The van der Waals surface area contributed by atoms with Gasteiger partial charge in [0.15, 0.2) is 0 Å². The van der Waals surface area contributed by atoms with Crippen molar-refractivity contribution >= 4 is 28.3 Å². The summed E-state index contributed by atoms with van der Waals surface area (Å²) in [7, 11) is 1.58. The second-order valence-corrected chi connectivity index (χ2v) is 6.70. The number of para-hydroxylation sites is 2. The normalized spacial score (nSPS) is 10.8. The van der Waals surface area contributed by atoms with Crippen LogP contribution in [0.1, 0.15) is 5.56 Å². The topological polar surface area (TPSA) is 90.3 Å².